The summed E-state index contributed by atoms with van der Waals surface area (Å²) in [4.78, 5) is 11.3. The molecular formula is C13H16O4. The van der Waals surface area contributed by atoms with Crippen LogP contribution in [-0.4, -0.2) is 23.8 Å². The van der Waals surface area contributed by atoms with Gasteiger partial charge in [-0.25, -0.2) is 0 Å². The summed E-state index contributed by atoms with van der Waals surface area (Å²) < 4.78 is 10.6. The first-order valence-electron chi connectivity index (χ1n) is 5.83. The summed E-state index contributed by atoms with van der Waals surface area (Å²) in [5.74, 6) is 0.618. The zero-order valence-corrected chi connectivity index (χ0v) is 9.81. The molecule has 0 aliphatic carbocycles. The number of ether oxygens (including phenoxy) is 2. The lowest BCUT2D eigenvalue weighted by atomic mass is 10.0. The minimum Gasteiger partial charge on any atom is -0.508 e. The van der Waals surface area contributed by atoms with Gasteiger partial charge in [0.1, 0.15) is 17.6 Å². The largest absolute Gasteiger partial charge is 0.508 e. The Labute approximate surface area is 100 Å². The summed E-state index contributed by atoms with van der Waals surface area (Å²) in [5, 5.41) is 9.37. The second kappa shape index (κ2) is 5.08. The van der Waals surface area contributed by atoms with Crippen molar-refractivity contribution in [3.05, 3.63) is 23.8 Å². The van der Waals surface area contributed by atoms with Gasteiger partial charge >= 0.3 is 5.97 Å². The predicted octanol–water partition coefficient (Wildman–Crippen LogP) is 2.04. The van der Waals surface area contributed by atoms with E-state index in [4.69, 9.17) is 9.47 Å². The van der Waals surface area contributed by atoms with E-state index in [2.05, 4.69) is 0 Å². The van der Waals surface area contributed by atoms with Crippen LogP contribution < -0.4 is 4.74 Å². The lowest BCUT2D eigenvalue weighted by molar-refractivity contribution is -0.145. The standard InChI is InChI=1S/C13H16O4/c1-2-16-13(15)8-11-6-4-9-3-5-10(14)7-12(9)17-11/h3,5,7,11,14H,2,4,6,8H2,1H3. The summed E-state index contributed by atoms with van der Waals surface area (Å²) in [6.45, 7) is 2.18. The summed E-state index contributed by atoms with van der Waals surface area (Å²) >= 11 is 0. The SMILES string of the molecule is CCOC(=O)CC1CCc2ccc(O)cc2O1. The van der Waals surface area contributed by atoms with E-state index < -0.39 is 0 Å². The number of fused-ring (bicyclic) bond motifs is 1. The van der Waals surface area contributed by atoms with Crippen molar-refractivity contribution in [2.24, 2.45) is 0 Å². The molecule has 2 rings (SSSR count). The fourth-order valence-corrected chi connectivity index (χ4v) is 1.96. The summed E-state index contributed by atoms with van der Waals surface area (Å²) in [6, 6.07) is 5.09. The van der Waals surface area contributed by atoms with Gasteiger partial charge in [-0.3, -0.25) is 4.79 Å². The highest BCUT2D eigenvalue weighted by Crippen LogP contribution is 2.31. The van der Waals surface area contributed by atoms with Crippen LogP contribution in [-0.2, 0) is 16.0 Å². The van der Waals surface area contributed by atoms with Crippen LogP contribution in [0.25, 0.3) is 0 Å². The molecule has 0 aromatic heterocycles. The maximum atomic E-state index is 11.3. The number of carbonyl (C=O) groups excluding carboxylic acids is 1. The molecule has 1 aliphatic heterocycles. The van der Waals surface area contributed by atoms with Crippen LogP contribution >= 0.6 is 0 Å². The van der Waals surface area contributed by atoms with Crippen molar-refractivity contribution in [3.63, 3.8) is 0 Å². The van der Waals surface area contributed by atoms with Gasteiger partial charge in [-0.05, 0) is 31.4 Å². The molecule has 0 bridgehead atoms. The molecule has 0 fully saturated rings. The Balaban J connectivity index is 2.00. The van der Waals surface area contributed by atoms with Gasteiger partial charge in [0, 0.05) is 6.07 Å². The summed E-state index contributed by atoms with van der Waals surface area (Å²) in [7, 11) is 0. The number of hydrogen-bond donors (Lipinski definition) is 1. The van der Waals surface area contributed by atoms with E-state index in [1.807, 2.05) is 6.07 Å². The third-order valence-electron chi connectivity index (χ3n) is 2.78. The minimum atomic E-state index is -0.235. The molecule has 0 amide bonds. The van der Waals surface area contributed by atoms with Crippen molar-refractivity contribution in [3.8, 4) is 11.5 Å². The van der Waals surface area contributed by atoms with Gasteiger partial charge in [0.2, 0.25) is 0 Å². The first kappa shape index (κ1) is 11.8. The van der Waals surface area contributed by atoms with E-state index in [-0.39, 0.29) is 24.2 Å². The first-order chi connectivity index (χ1) is 8.19. The molecule has 0 spiro atoms. The van der Waals surface area contributed by atoms with E-state index in [0.717, 1.165) is 18.4 Å². The van der Waals surface area contributed by atoms with Gasteiger partial charge < -0.3 is 14.6 Å². The maximum Gasteiger partial charge on any atom is 0.309 e. The molecule has 4 heteroatoms. The average molecular weight is 236 g/mol. The Morgan fingerprint density at radius 2 is 2.41 bits per heavy atom. The number of aryl methyl sites for hydroxylation is 1. The van der Waals surface area contributed by atoms with E-state index in [0.29, 0.717) is 12.4 Å². The topological polar surface area (TPSA) is 55.8 Å². The highest BCUT2D eigenvalue weighted by atomic mass is 16.5. The highest BCUT2D eigenvalue weighted by Gasteiger charge is 2.22. The summed E-state index contributed by atoms with van der Waals surface area (Å²) in [6.07, 6.45) is 1.78. The Morgan fingerprint density at radius 3 is 3.18 bits per heavy atom. The van der Waals surface area contributed by atoms with Crippen molar-refractivity contribution in [2.45, 2.75) is 32.3 Å². The number of phenolic OH excluding ortho intramolecular Hbond substituents is 1. The fourth-order valence-electron chi connectivity index (χ4n) is 1.96. The molecule has 17 heavy (non-hydrogen) atoms. The smallest absolute Gasteiger partial charge is 0.309 e. The molecule has 1 unspecified atom stereocenters. The number of rotatable bonds is 3. The van der Waals surface area contributed by atoms with Crippen LogP contribution in [0.15, 0.2) is 18.2 Å². The second-order valence-corrected chi connectivity index (χ2v) is 4.08. The molecule has 1 N–H and O–H groups in total. The predicted molar refractivity (Wildman–Crippen MR) is 62.1 cm³/mol. The van der Waals surface area contributed by atoms with Gasteiger partial charge in [-0.2, -0.15) is 0 Å². The Morgan fingerprint density at radius 1 is 1.59 bits per heavy atom. The van der Waals surface area contributed by atoms with Gasteiger partial charge in [-0.1, -0.05) is 6.07 Å². The van der Waals surface area contributed by atoms with Crippen LogP contribution in [0, 0.1) is 0 Å². The van der Waals surface area contributed by atoms with Gasteiger partial charge in [0.15, 0.2) is 0 Å². The maximum absolute atomic E-state index is 11.3. The normalized spacial score (nSPS) is 18.1. The highest BCUT2D eigenvalue weighted by molar-refractivity contribution is 5.70. The quantitative estimate of drug-likeness (QED) is 0.816. The van der Waals surface area contributed by atoms with Crippen molar-refractivity contribution in [1.82, 2.24) is 0 Å². The zero-order valence-electron chi connectivity index (χ0n) is 9.81. The molecule has 0 saturated carbocycles. The molecule has 1 aromatic rings. The van der Waals surface area contributed by atoms with Crippen LogP contribution in [0.5, 0.6) is 11.5 Å². The molecule has 0 radical (unpaired) electrons. The Hall–Kier alpha value is -1.71. The first-order valence-corrected chi connectivity index (χ1v) is 5.83. The molecule has 0 saturated heterocycles. The molecular weight excluding hydrogens is 220 g/mol. The number of benzene rings is 1. The number of aromatic hydroxyl groups is 1. The molecule has 1 aromatic carbocycles. The monoisotopic (exact) mass is 236 g/mol. The average Bonchev–Trinajstić information content (AvgIpc) is 2.28. The number of esters is 1. The third-order valence-corrected chi connectivity index (χ3v) is 2.78. The van der Waals surface area contributed by atoms with E-state index in [9.17, 15) is 9.90 Å². The van der Waals surface area contributed by atoms with Gasteiger partial charge in [0.25, 0.3) is 0 Å². The molecule has 1 aliphatic rings. The molecule has 92 valence electrons. The molecule has 1 atom stereocenters. The second-order valence-electron chi connectivity index (χ2n) is 4.08. The van der Waals surface area contributed by atoms with Gasteiger partial charge in [0.05, 0.1) is 13.0 Å². The lowest BCUT2D eigenvalue weighted by Crippen LogP contribution is -2.26. The lowest BCUT2D eigenvalue weighted by Gasteiger charge is -2.25. The number of phenols is 1. The van der Waals surface area contributed by atoms with Crippen molar-refractivity contribution < 1.29 is 19.4 Å². The van der Waals surface area contributed by atoms with E-state index >= 15 is 0 Å². The number of hydrogen-bond acceptors (Lipinski definition) is 4. The van der Waals surface area contributed by atoms with Crippen LogP contribution in [0.1, 0.15) is 25.3 Å². The Bertz CT molecular complexity index is 414. The van der Waals surface area contributed by atoms with Crippen molar-refractivity contribution >= 4 is 5.97 Å². The van der Waals surface area contributed by atoms with Gasteiger partial charge in [-0.15, -0.1) is 0 Å². The van der Waals surface area contributed by atoms with Crippen LogP contribution in [0.4, 0.5) is 0 Å². The van der Waals surface area contributed by atoms with Crippen LogP contribution in [0.3, 0.4) is 0 Å². The van der Waals surface area contributed by atoms with E-state index in [1.165, 1.54) is 0 Å². The minimum absolute atomic E-state index is 0.150. The molecule has 1 heterocycles. The summed E-state index contributed by atoms with van der Waals surface area (Å²) in [5.41, 5.74) is 1.07. The fraction of sp³-hybridized carbons (Fsp3) is 0.462. The van der Waals surface area contributed by atoms with E-state index in [1.54, 1.807) is 19.1 Å². The third kappa shape index (κ3) is 2.90. The Kier molecular flexibility index (Phi) is 3.52. The van der Waals surface area contributed by atoms with Crippen molar-refractivity contribution in [1.29, 1.82) is 0 Å². The number of carbonyl (C=O) groups is 1. The van der Waals surface area contributed by atoms with Crippen molar-refractivity contribution in [2.75, 3.05) is 6.61 Å². The van der Waals surface area contributed by atoms with Crippen LogP contribution in [0.2, 0.25) is 0 Å². The molecule has 4 nitrogen and oxygen atoms in total. The zero-order chi connectivity index (χ0) is 12.3.